The highest BCUT2D eigenvalue weighted by molar-refractivity contribution is 7.99. The number of hydrogen-bond donors (Lipinski definition) is 0. The van der Waals surface area contributed by atoms with Crippen LogP contribution < -0.4 is 9.47 Å². The van der Waals surface area contributed by atoms with E-state index in [1.54, 1.807) is 38.5 Å². The summed E-state index contributed by atoms with van der Waals surface area (Å²) in [5, 5.41) is 0. The van der Waals surface area contributed by atoms with Gasteiger partial charge in [-0.1, -0.05) is 12.1 Å². The first-order valence-electron chi connectivity index (χ1n) is 10.4. The van der Waals surface area contributed by atoms with E-state index in [1.807, 2.05) is 35.0 Å². The van der Waals surface area contributed by atoms with Gasteiger partial charge in [0, 0.05) is 29.5 Å². The highest BCUT2D eigenvalue weighted by Gasteiger charge is 2.41. The van der Waals surface area contributed by atoms with Crippen molar-refractivity contribution in [3.8, 4) is 11.5 Å². The number of thioether (sulfide) groups is 1. The monoisotopic (exact) mass is 440 g/mol. The van der Waals surface area contributed by atoms with E-state index in [-0.39, 0.29) is 6.10 Å². The summed E-state index contributed by atoms with van der Waals surface area (Å²) in [4.78, 5) is 5.36. The normalized spacial score (nSPS) is 20.6. The summed E-state index contributed by atoms with van der Waals surface area (Å²) in [6.07, 6.45) is 7.19. The van der Waals surface area contributed by atoms with Crippen molar-refractivity contribution >= 4 is 11.8 Å². The molecule has 2 atom stereocenters. The van der Waals surface area contributed by atoms with Gasteiger partial charge in [-0.2, -0.15) is 0 Å². The number of aromatic nitrogens is 2. The van der Waals surface area contributed by atoms with Gasteiger partial charge in [-0.15, -0.1) is 11.8 Å². The van der Waals surface area contributed by atoms with E-state index >= 15 is 0 Å². The molecular weight excluding hydrogens is 412 g/mol. The molecule has 2 unspecified atom stereocenters. The van der Waals surface area contributed by atoms with E-state index in [0.717, 1.165) is 30.1 Å². The first-order valence-corrected chi connectivity index (χ1v) is 11.3. The number of imidazole rings is 1. The average Bonchev–Trinajstić information content (AvgIpc) is 3.47. The second-order valence-electron chi connectivity index (χ2n) is 7.53. The fourth-order valence-corrected chi connectivity index (χ4v) is 4.51. The predicted molar refractivity (Wildman–Crippen MR) is 121 cm³/mol. The molecule has 1 saturated heterocycles. The summed E-state index contributed by atoms with van der Waals surface area (Å²) in [5.41, 5.74) is 1.23. The molecule has 164 valence electrons. The van der Waals surface area contributed by atoms with E-state index in [9.17, 15) is 0 Å². The number of ether oxygens (including phenoxy) is 4. The Morgan fingerprint density at radius 3 is 2.42 bits per heavy atom. The third kappa shape index (κ3) is 5.81. The van der Waals surface area contributed by atoms with Gasteiger partial charge in [0.15, 0.2) is 5.79 Å². The molecule has 0 radical (unpaired) electrons. The number of nitrogens with zero attached hydrogens (tertiary/aromatic N) is 2. The van der Waals surface area contributed by atoms with E-state index in [1.165, 1.54) is 10.5 Å². The molecule has 7 heteroatoms. The third-order valence-electron chi connectivity index (χ3n) is 5.35. The highest BCUT2D eigenvalue weighted by atomic mass is 32.2. The minimum Gasteiger partial charge on any atom is -0.497 e. The molecule has 1 aliphatic rings. The molecule has 31 heavy (non-hydrogen) atoms. The van der Waals surface area contributed by atoms with Crippen LogP contribution >= 0.6 is 11.8 Å². The summed E-state index contributed by atoms with van der Waals surface area (Å²) in [7, 11) is 3.36. The van der Waals surface area contributed by atoms with Crippen LogP contribution in [0.15, 0.2) is 72.1 Å². The lowest BCUT2D eigenvalue weighted by molar-refractivity contribution is -0.180. The number of benzene rings is 2. The van der Waals surface area contributed by atoms with Crippen LogP contribution in [0.4, 0.5) is 0 Å². The van der Waals surface area contributed by atoms with E-state index < -0.39 is 5.79 Å². The van der Waals surface area contributed by atoms with Gasteiger partial charge in [0.2, 0.25) is 0 Å². The van der Waals surface area contributed by atoms with Crippen molar-refractivity contribution in [1.82, 2.24) is 9.55 Å². The molecule has 0 bridgehead atoms. The maximum Gasteiger partial charge on any atom is 0.187 e. The fourth-order valence-electron chi connectivity index (χ4n) is 3.64. The Balaban J connectivity index is 1.38. The maximum atomic E-state index is 6.51. The zero-order valence-electron chi connectivity index (χ0n) is 17.9. The van der Waals surface area contributed by atoms with Crippen LogP contribution in [0.1, 0.15) is 12.0 Å². The Morgan fingerprint density at radius 1 is 1.06 bits per heavy atom. The second-order valence-corrected chi connectivity index (χ2v) is 8.62. The van der Waals surface area contributed by atoms with Gasteiger partial charge >= 0.3 is 0 Å². The van der Waals surface area contributed by atoms with Gasteiger partial charge in [-0.05, 0) is 48.4 Å². The lowest BCUT2D eigenvalue weighted by Gasteiger charge is -2.28. The van der Waals surface area contributed by atoms with Gasteiger partial charge in [0.1, 0.15) is 11.5 Å². The molecular formula is C24H28N2O4S. The predicted octanol–water partition coefficient (Wildman–Crippen LogP) is 4.44. The summed E-state index contributed by atoms with van der Waals surface area (Å²) >= 11 is 1.77. The molecule has 2 aromatic carbocycles. The minimum absolute atomic E-state index is 0.0338. The zero-order chi connectivity index (χ0) is 21.5. The van der Waals surface area contributed by atoms with Crippen LogP contribution in [0.2, 0.25) is 0 Å². The molecule has 1 fully saturated rings. The van der Waals surface area contributed by atoms with Crippen molar-refractivity contribution in [1.29, 1.82) is 0 Å². The van der Waals surface area contributed by atoms with Crippen molar-refractivity contribution < 1.29 is 18.9 Å². The quantitative estimate of drug-likeness (QED) is 0.435. The first kappa shape index (κ1) is 21.7. The van der Waals surface area contributed by atoms with E-state index in [0.29, 0.717) is 13.2 Å². The zero-order valence-corrected chi connectivity index (χ0v) is 18.7. The molecule has 1 aliphatic heterocycles. The van der Waals surface area contributed by atoms with Crippen LogP contribution in [0, 0.1) is 0 Å². The van der Waals surface area contributed by atoms with E-state index in [2.05, 4.69) is 29.2 Å². The van der Waals surface area contributed by atoms with Crippen LogP contribution in [0.25, 0.3) is 0 Å². The molecule has 0 saturated carbocycles. The molecule has 0 N–H and O–H groups in total. The van der Waals surface area contributed by atoms with Gasteiger partial charge in [-0.25, -0.2) is 4.98 Å². The van der Waals surface area contributed by atoms with Crippen LogP contribution in [-0.4, -0.2) is 48.0 Å². The molecule has 0 aliphatic carbocycles. The smallest absolute Gasteiger partial charge is 0.187 e. The number of methoxy groups -OCH3 is 2. The number of hydrogen-bond acceptors (Lipinski definition) is 6. The summed E-state index contributed by atoms with van der Waals surface area (Å²) in [6.45, 7) is 1.20. The molecule has 4 rings (SSSR count). The molecule has 2 heterocycles. The largest absolute Gasteiger partial charge is 0.497 e. The molecule has 0 spiro atoms. The van der Waals surface area contributed by atoms with Gasteiger partial charge < -0.3 is 23.5 Å². The Labute approximate surface area is 187 Å². The highest BCUT2D eigenvalue weighted by Crippen LogP contribution is 2.33. The molecule has 1 aromatic heterocycles. The van der Waals surface area contributed by atoms with Crippen molar-refractivity contribution in [3.05, 3.63) is 72.8 Å². The van der Waals surface area contributed by atoms with Crippen molar-refractivity contribution in [2.24, 2.45) is 0 Å². The Kier molecular flexibility index (Phi) is 7.17. The van der Waals surface area contributed by atoms with Gasteiger partial charge in [-0.3, -0.25) is 0 Å². The van der Waals surface area contributed by atoms with Gasteiger partial charge in [0.05, 0.1) is 39.8 Å². The molecule has 3 aromatic rings. The summed E-state index contributed by atoms with van der Waals surface area (Å²) < 4.78 is 25.3. The minimum atomic E-state index is -0.661. The van der Waals surface area contributed by atoms with Crippen molar-refractivity contribution in [3.63, 3.8) is 0 Å². The Hall–Kier alpha value is -2.48. The molecule has 0 amide bonds. The topological polar surface area (TPSA) is 54.7 Å². The summed E-state index contributed by atoms with van der Waals surface area (Å²) in [6, 6.07) is 16.3. The Bertz CT molecular complexity index is 931. The number of rotatable bonds is 10. The standard InChI is InChI=1S/C24H28N2O4S/c1-27-20-5-3-19(4-6-20)11-12-24(17-26-14-13-25-18-26)29-15-22(30-24)16-31-23-9-7-21(28-2)8-10-23/h3-10,13-14,18,22H,11-12,15-17H2,1-2H3. The number of aryl methyl sites for hydroxylation is 1. The maximum absolute atomic E-state index is 6.51. The Morgan fingerprint density at radius 2 is 1.77 bits per heavy atom. The lowest BCUT2D eigenvalue weighted by atomic mass is 10.0. The van der Waals surface area contributed by atoms with Gasteiger partial charge in [0.25, 0.3) is 0 Å². The fraction of sp³-hybridized carbons (Fsp3) is 0.375. The third-order valence-corrected chi connectivity index (χ3v) is 6.49. The molecule has 6 nitrogen and oxygen atoms in total. The second kappa shape index (κ2) is 10.2. The van der Waals surface area contributed by atoms with Crippen LogP contribution in [0.5, 0.6) is 11.5 Å². The SMILES string of the molecule is COc1ccc(CCC2(Cn3ccnc3)OCC(CSc3ccc(OC)cc3)O2)cc1. The van der Waals surface area contributed by atoms with Crippen molar-refractivity contribution in [2.75, 3.05) is 26.6 Å². The van der Waals surface area contributed by atoms with Crippen LogP contribution in [0.3, 0.4) is 0 Å². The van der Waals surface area contributed by atoms with Crippen molar-refractivity contribution in [2.45, 2.75) is 36.2 Å². The average molecular weight is 441 g/mol. The lowest BCUT2D eigenvalue weighted by Crippen LogP contribution is -2.37. The van der Waals surface area contributed by atoms with E-state index in [4.69, 9.17) is 18.9 Å². The first-order chi connectivity index (χ1) is 15.2. The summed E-state index contributed by atoms with van der Waals surface area (Å²) in [5.74, 6) is 1.90. The van der Waals surface area contributed by atoms with Crippen LogP contribution in [-0.2, 0) is 22.4 Å².